The molecule has 0 aliphatic heterocycles. The number of rotatable bonds is 4. The van der Waals surface area contributed by atoms with Crippen molar-refractivity contribution in [3.05, 3.63) is 111 Å². The van der Waals surface area contributed by atoms with E-state index in [4.69, 9.17) is 0 Å². The number of fused-ring (bicyclic) bond motifs is 1. The summed E-state index contributed by atoms with van der Waals surface area (Å²) in [4.78, 5) is 30.7. The van der Waals surface area contributed by atoms with Crippen LogP contribution in [0.5, 0.6) is 0 Å². The fourth-order valence-electron chi connectivity index (χ4n) is 3.52. The van der Waals surface area contributed by atoms with Crippen molar-refractivity contribution in [3.63, 3.8) is 0 Å². The highest BCUT2D eigenvalue weighted by Gasteiger charge is 2.20. The first-order chi connectivity index (χ1) is 14.4. The minimum atomic E-state index is -0.180. The molecule has 0 unspecified atom stereocenters. The predicted molar refractivity (Wildman–Crippen MR) is 122 cm³/mol. The van der Waals surface area contributed by atoms with Crippen LogP contribution < -0.4 is 10.5 Å². The number of carbonyl (C=O) groups is 1. The van der Waals surface area contributed by atoms with Crippen LogP contribution in [0, 0.1) is 20.8 Å². The Balaban J connectivity index is 1.78. The van der Waals surface area contributed by atoms with Crippen LogP contribution >= 0.6 is 0 Å². The number of H-pyrrole nitrogens is 1. The molecule has 0 radical (unpaired) electrons. The first-order valence-corrected chi connectivity index (χ1v) is 9.98. The van der Waals surface area contributed by atoms with Gasteiger partial charge >= 0.3 is 0 Å². The molecular formula is C26H24N2O2. The summed E-state index contributed by atoms with van der Waals surface area (Å²) in [7, 11) is 0. The highest BCUT2D eigenvalue weighted by Crippen LogP contribution is 2.22. The Hall–Kier alpha value is -3.66. The topological polar surface area (TPSA) is 53.2 Å². The Morgan fingerprint density at radius 2 is 1.40 bits per heavy atom. The Morgan fingerprint density at radius 1 is 0.800 bits per heavy atom. The third kappa shape index (κ3) is 4.03. The molecule has 4 nitrogen and oxygen atoms in total. The number of benzene rings is 3. The largest absolute Gasteiger partial charge is 0.322 e. The summed E-state index contributed by atoms with van der Waals surface area (Å²) in [6.07, 6.45) is 0. The van der Waals surface area contributed by atoms with Crippen LogP contribution in [0.3, 0.4) is 0 Å². The van der Waals surface area contributed by atoms with E-state index in [0.29, 0.717) is 11.1 Å². The predicted octanol–water partition coefficient (Wildman–Crippen LogP) is 5.30. The van der Waals surface area contributed by atoms with Crippen LogP contribution in [0.15, 0.2) is 77.6 Å². The van der Waals surface area contributed by atoms with E-state index in [-0.39, 0.29) is 18.0 Å². The van der Waals surface area contributed by atoms with Gasteiger partial charge in [0.25, 0.3) is 11.5 Å². The molecular weight excluding hydrogens is 372 g/mol. The van der Waals surface area contributed by atoms with Crippen LogP contribution in [0.1, 0.15) is 32.6 Å². The molecule has 1 heterocycles. The number of hydrogen-bond acceptors (Lipinski definition) is 2. The number of aromatic amines is 1. The number of amides is 1. The van der Waals surface area contributed by atoms with E-state index >= 15 is 0 Å². The van der Waals surface area contributed by atoms with Crippen LogP contribution in [0.2, 0.25) is 0 Å². The van der Waals surface area contributed by atoms with Crippen LogP contribution in [0.25, 0.3) is 10.9 Å². The normalized spacial score (nSPS) is 10.9. The second kappa shape index (κ2) is 7.99. The van der Waals surface area contributed by atoms with Crippen molar-refractivity contribution >= 4 is 22.5 Å². The molecule has 0 spiro atoms. The van der Waals surface area contributed by atoms with Gasteiger partial charge in [-0.3, -0.25) is 9.59 Å². The van der Waals surface area contributed by atoms with Gasteiger partial charge in [0, 0.05) is 22.3 Å². The minimum Gasteiger partial charge on any atom is -0.322 e. The quantitative estimate of drug-likeness (QED) is 0.509. The maximum Gasteiger partial charge on any atom is 0.258 e. The zero-order valence-corrected chi connectivity index (χ0v) is 17.4. The number of aryl methyl sites for hydroxylation is 3. The fraction of sp³-hybridized carbons (Fsp3) is 0.154. The number of anilines is 1. The number of nitrogens with one attached hydrogen (secondary N) is 1. The van der Waals surface area contributed by atoms with Crippen LogP contribution in [-0.2, 0) is 6.54 Å². The summed E-state index contributed by atoms with van der Waals surface area (Å²) < 4.78 is 0. The number of hydrogen-bond donors (Lipinski definition) is 1. The molecule has 0 aliphatic rings. The van der Waals surface area contributed by atoms with Crippen molar-refractivity contribution in [3.8, 4) is 0 Å². The maximum atomic E-state index is 13.4. The maximum absolute atomic E-state index is 13.4. The molecule has 0 atom stereocenters. The molecule has 3 aromatic carbocycles. The third-order valence-electron chi connectivity index (χ3n) is 5.29. The summed E-state index contributed by atoms with van der Waals surface area (Å²) in [5, 5.41) is 0.955. The van der Waals surface area contributed by atoms with Crippen LogP contribution in [-0.4, -0.2) is 10.9 Å². The van der Waals surface area contributed by atoms with Gasteiger partial charge in [-0.2, -0.15) is 0 Å². The number of aromatic nitrogens is 1. The molecule has 1 N–H and O–H groups in total. The van der Waals surface area contributed by atoms with Gasteiger partial charge in [0.2, 0.25) is 0 Å². The van der Waals surface area contributed by atoms with Gasteiger partial charge in [-0.15, -0.1) is 0 Å². The first-order valence-electron chi connectivity index (χ1n) is 9.98. The summed E-state index contributed by atoms with van der Waals surface area (Å²) in [5.74, 6) is -0.136. The van der Waals surface area contributed by atoms with Gasteiger partial charge in [0.15, 0.2) is 0 Å². The first kappa shape index (κ1) is 19.6. The molecule has 30 heavy (non-hydrogen) atoms. The van der Waals surface area contributed by atoms with Crippen molar-refractivity contribution in [2.75, 3.05) is 4.90 Å². The monoisotopic (exact) mass is 396 g/mol. The lowest BCUT2D eigenvalue weighted by atomic mass is 10.1. The van der Waals surface area contributed by atoms with E-state index in [1.165, 1.54) is 0 Å². The van der Waals surface area contributed by atoms with Crippen molar-refractivity contribution < 1.29 is 4.79 Å². The summed E-state index contributed by atoms with van der Waals surface area (Å²) in [6.45, 7) is 6.20. The van der Waals surface area contributed by atoms with Gasteiger partial charge in [-0.1, -0.05) is 47.0 Å². The van der Waals surface area contributed by atoms with E-state index in [1.807, 2.05) is 93.6 Å². The van der Waals surface area contributed by atoms with Gasteiger partial charge < -0.3 is 9.88 Å². The summed E-state index contributed by atoms with van der Waals surface area (Å²) >= 11 is 0. The molecule has 0 bridgehead atoms. The van der Waals surface area contributed by atoms with E-state index in [0.717, 1.165) is 33.3 Å². The lowest BCUT2D eigenvalue weighted by Crippen LogP contribution is -2.32. The Bertz CT molecular complexity index is 1270. The molecule has 4 rings (SSSR count). The number of nitrogens with zero attached hydrogens (tertiary/aromatic N) is 1. The average Bonchev–Trinajstić information content (AvgIpc) is 2.73. The smallest absolute Gasteiger partial charge is 0.258 e. The van der Waals surface area contributed by atoms with Crippen molar-refractivity contribution in [1.29, 1.82) is 0 Å². The van der Waals surface area contributed by atoms with Crippen molar-refractivity contribution in [1.82, 2.24) is 4.98 Å². The average molecular weight is 396 g/mol. The van der Waals surface area contributed by atoms with E-state index < -0.39 is 0 Å². The van der Waals surface area contributed by atoms with Crippen molar-refractivity contribution in [2.24, 2.45) is 0 Å². The molecule has 150 valence electrons. The molecule has 1 aromatic heterocycles. The molecule has 0 saturated carbocycles. The Kier molecular flexibility index (Phi) is 5.23. The van der Waals surface area contributed by atoms with Gasteiger partial charge in [-0.25, -0.2) is 0 Å². The molecule has 4 aromatic rings. The molecule has 4 heteroatoms. The minimum absolute atomic E-state index is 0.136. The van der Waals surface area contributed by atoms with E-state index in [1.54, 1.807) is 4.90 Å². The zero-order chi connectivity index (χ0) is 21.3. The Morgan fingerprint density at radius 3 is 2.07 bits per heavy atom. The van der Waals surface area contributed by atoms with Gasteiger partial charge in [0.05, 0.1) is 6.54 Å². The Labute approximate surface area is 175 Å². The van der Waals surface area contributed by atoms with E-state index in [2.05, 4.69) is 4.98 Å². The SMILES string of the molecule is Cc1ccc(C(=O)N(Cc2cc3cc(C)ccc3[nH]c2=O)c2ccc(C)cc2)cc1. The summed E-state index contributed by atoms with van der Waals surface area (Å²) in [5.41, 5.74) is 5.83. The highest BCUT2D eigenvalue weighted by atomic mass is 16.2. The number of carbonyl (C=O) groups excluding carboxylic acids is 1. The van der Waals surface area contributed by atoms with Crippen molar-refractivity contribution in [2.45, 2.75) is 27.3 Å². The van der Waals surface area contributed by atoms with Gasteiger partial charge in [0.1, 0.15) is 0 Å². The molecule has 0 saturated heterocycles. The zero-order valence-electron chi connectivity index (χ0n) is 17.4. The van der Waals surface area contributed by atoms with E-state index in [9.17, 15) is 9.59 Å². The number of pyridine rings is 1. The summed E-state index contributed by atoms with van der Waals surface area (Å²) in [6, 6.07) is 23.1. The molecule has 0 aliphatic carbocycles. The van der Waals surface area contributed by atoms with Crippen LogP contribution in [0.4, 0.5) is 5.69 Å². The second-order valence-electron chi connectivity index (χ2n) is 7.81. The second-order valence-corrected chi connectivity index (χ2v) is 7.81. The standard InChI is InChI=1S/C26H24N2O2/c1-17-4-9-20(10-5-17)26(30)28(23-11-6-18(2)7-12-23)16-22-15-21-14-19(3)8-13-24(21)27-25(22)29/h4-15H,16H2,1-3H3,(H,27,29). The lowest BCUT2D eigenvalue weighted by molar-refractivity contribution is 0.0985. The third-order valence-corrected chi connectivity index (χ3v) is 5.29. The van der Waals surface area contributed by atoms with Gasteiger partial charge in [-0.05, 0) is 68.6 Å². The molecule has 1 amide bonds. The lowest BCUT2D eigenvalue weighted by Gasteiger charge is -2.23. The molecule has 0 fully saturated rings. The highest BCUT2D eigenvalue weighted by molar-refractivity contribution is 6.06. The fourth-order valence-corrected chi connectivity index (χ4v) is 3.52.